The van der Waals surface area contributed by atoms with Crippen LogP contribution in [0.25, 0.3) is 0 Å². The summed E-state index contributed by atoms with van der Waals surface area (Å²) in [5, 5.41) is 12.5. The molecule has 1 heterocycles. The molecule has 0 aromatic carbocycles. The van der Waals surface area contributed by atoms with E-state index < -0.39 is 12.0 Å². The molecule has 2 N–H and O–H groups in total. The first-order chi connectivity index (χ1) is 8.68. The van der Waals surface area contributed by atoms with E-state index in [1.165, 1.54) is 12.8 Å². The van der Waals surface area contributed by atoms with Gasteiger partial charge >= 0.3 is 5.97 Å². The van der Waals surface area contributed by atoms with Crippen molar-refractivity contribution in [2.45, 2.75) is 57.0 Å². The third-order valence-electron chi connectivity index (χ3n) is 3.71. The molecule has 1 aliphatic heterocycles. The van der Waals surface area contributed by atoms with Crippen LogP contribution in [0.1, 0.15) is 44.9 Å². The monoisotopic (exact) mass is 254 g/mol. The maximum absolute atomic E-state index is 12.1. The number of likely N-dealkylation sites (tertiary alicyclic amines) is 1. The lowest BCUT2D eigenvalue weighted by Crippen LogP contribution is -2.45. The standard InChI is InChI=1S/C13H22N2O3/c16-12(7-8-14-10-5-6-10)15-9-3-1-2-4-11(15)13(17)18/h10-11,14H,1-9H2,(H,17,18). The van der Waals surface area contributed by atoms with E-state index >= 15 is 0 Å². The van der Waals surface area contributed by atoms with E-state index in [0.29, 0.717) is 32.0 Å². The van der Waals surface area contributed by atoms with Gasteiger partial charge in [-0.15, -0.1) is 0 Å². The molecule has 1 aliphatic carbocycles. The van der Waals surface area contributed by atoms with E-state index in [1.54, 1.807) is 4.90 Å². The summed E-state index contributed by atoms with van der Waals surface area (Å²) in [6.45, 7) is 1.27. The van der Waals surface area contributed by atoms with Crippen LogP contribution in [-0.2, 0) is 9.59 Å². The molecule has 0 bridgehead atoms. The van der Waals surface area contributed by atoms with Crippen LogP contribution >= 0.6 is 0 Å². The van der Waals surface area contributed by atoms with Gasteiger partial charge in [0.15, 0.2) is 0 Å². The second kappa shape index (κ2) is 6.18. The van der Waals surface area contributed by atoms with Crippen molar-refractivity contribution in [1.82, 2.24) is 10.2 Å². The number of amides is 1. The lowest BCUT2D eigenvalue weighted by atomic mass is 10.1. The Bertz CT molecular complexity index is 315. The number of carboxylic acids is 1. The highest BCUT2D eigenvalue weighted by atomic mass is 16.4. The van der Waals surface area contributed by atoms with Crippen LogP contribution in [0, 0.1) is 0 Å². The summed E-state index contributed by atoms with van der Waals surface area (Å²) in [7, 11) is 0. The van der Waals surface area contributed by atoms with Gasteiger partial charge in [-0.3, -0.25) is 4.79 Å². The topological polar surface area (TPSA) is 69.6 Å². The van der Waals surface area contributed by atoms with E-state index in [2.05, 4.69) is 5.32 Å². The van der Waals surface area contributed by atoms with Gasteiger partial charge in [-0.1, -0.05) is 12.8 Å². The van der Waals surface area contributed by atoms with Crippen molar-refractivity contribution >= 4 is 11.9 Å². The Balaban J connectivity index is 1.84. The Kier molecular flexibility index (Phi) is 4.58. The van der Waals surface area contributed by atoms with Gasteiger partial charge in [0.05, 0.1) is 0 Å². The second-order valence-corrected chi connectivity index (χ2v) is 5.27. The van der Waals surface area contributed by atoms with Gasteiger partial charge in [0.25, 0.3) is 0 Å². The summed E-state index contributed by atoms with van der Waals surface area (Å²) in [5.41, 5.74) is 0. The molecule has 2 rings (SSSR count). The van der Waals surface area contributed by atoms with Gasteiger partial charge in [-0.05, 0) is 25.7 Å². The minimum Gasteiger partial charge on any atom is -0.480 e. The Morgan fingerprint density at radius 1 is 1.17 bits per heavy atom. The zero-order valence-corrected chi connectivity index (χ0v) is 10.7. The largest absolute Gasteiger partial charge is 0.480 e. The maximum Gasteiger partial charge on any atom is 0.326 e. The van der Waals surface area contributed by atoms with Gasteiger partial charge in [0, 0.05) is 25.6 Å². The second-order valence-electron chi connectivity index (χ2n) is 5.27. The Morgan fingerprint density at radius 2 is 1.94 bits per heavy atom. The third kappa shape index (κ3) is 3.70. The van der Waals surface area contributed by atoms with Gasteiger partial charge in [-0.2, -0.15) is 0 Å². The number of rotatable bonds is 5. The van der Waals surface area contributed by atoms with E-state index in [9.17, 15) is 14.7 Å². The van der Waals surface area contributed by atoms with Crippen LogP contribution in [0.5, 0.6) is 0 Å². The molecule has 2 aliphatic rings. The van der Waals surface area contributed by atoms with Crippen molar-refractivity contribution in [3.8, 4) is 0 Å². The van der Waals surface area contributed by atoms with Crippen LogP contribution in [0.4, 0.5) is 0 Å². The molecule has 5 heteroatoms. The Morgan fingerprint density at radius 3 is 2.61 bits per heavy atom. The SMILES string of the molecule is O=C(O)C1CCCCCN1C(=O)CCNC1CC1. The molecule has 0 radical (unpaired) electrons. The Labute approximate surface area is 108 Å². The molecular formula is C13H22N2O3. The van der Waals surface area contributed by atoms with E-state index in [0.717, 1.165) is 19.3 Å². The third-order valence-corrected chi connectivity index (χ3v) is 3.71. The fraction of sp³-hybridized carbons (Fsp3) is 0.846. The zero-order valence-electron chi connectivity index (χ0n) is 10.7. The van der Waals surface area contributed by atoms with E-state index in [4.69, 9.17) is 0 Å². The summed E-state index contributed by atoms with van der Waals surface area (Å²) in [6, 6.07) is -0.0156. The lowest BCUT2D eigenvalue weighted by Gasteiger charge is -2.27. The average molecular weight is 254 g/mol. The highest BCUT2D eigenvalue weighted by Crippen LogP contribution is 2.20. The van der Waals surface area contributed by atoms with Crippen LogP contribution in [0.15, 0.2) is 0 Å². The predicted molar refractivity (Wildman–Crippen MR) is 67.2 cm³/mol. The summed E-state index contributed by atoms with van der Waals surface area (Å²) in [5.74, 6) is -0.877. The number of hydrogen-bond acceptors (Lipinski definition) is 3. The van der Waals surface area contributed by atoms with Crippen molar-refractivity contribution in [1.29, 1.82) is 0 Å². The van der Waals surface area contributed by atoms with Crippen molar-refractivity contribution < 1.29 is 14.7 Å². The molecular weight excluding hydrogens is 232 g/mol. The van der Waals surface area contributed by atoms with Gasteiger partial charge in [0.2, 0.25) is 5.91 Å². The summed E-state index contributed by atoms with van der Waals surface area (Å²) in [4.78, 5) is 24.9. The summed E-state index contributed by atoms with van der Waals surface area (Å²) >= 11 is 0. The molecule has 0 aromatic rings. The van der Waals surface area contributed by atoms with Crippen LogP contribution in [-0.4, -0.2) is 47.1 Å². The number of nitrogens with one attached hydrogen (secondary N) is 1. The molecule has 0 spiro atoms. The molecule has 1 saturated carbocycles. The van der Waals surface area contributed by atoms with E-state index in [-0.39, 0.29) is 5.91 Å². The Hall–Kier alpha value is -1.10. The molecule has 102 valence electrons. The summed E-state index contributed by atoms with van der Waals surface area (Å²) in [6.07, 6.45) is 6.27. The molecule has 1 unspecified atom stereocenters. The van der Waals surface area contributed by atoms with Gasteiger partial charge in [0.1, 0.15) is 6.04 Å². The fourth-order valence-corrected chi connectivity index (χ4v) is 2.48. The minimum absolute atomic E-state index is 0.0162. The molecule has 1 saturated heterocycles. The van der Waals surface area contributed by atoms with E-state index in [1.807, 2.05) is 0 Å². The minimum atomic E-state index is -0.861. The van der Waals surface area contributed by atoms with Crippen molar-refractivity contribution in [2.75, 3.05) is 13.1 Å². The van der Waals surface area contributed by atoms with Crippen molar-refractivity contribution in [3.05, 3.63) is 0 Å². The number of hydrogen-bond donors (Lipinski definition) is 2. The summed E-state index contributed by atoms with van der Waals surface area (Å²) < 4.78 is 0. The van der Waals surface area contributed by atoms with Gasteiger partial charge in [-0.25, -0.2) is 4.79 Å². The molecule has 2 fully saturated rings. The highest BCUT2D eigenvalue weighted by molar-refractivity contribution is 5.83. The quantitative estimate of drug-likeness (QED) is 0.767. The van der Waals surface area contributed by atoms with Crippen molar-refractivity contribution in [2.24, 2.45) is 0 Å². The highest BCUT2D eigenvalue weighted by Gasteiger charge is 2.30. The number of carbonyl (C=O) groups is 2. The van der Waals surface area contributed by atoms with Crippen LogP contribution in [0.3, 0.4) is 0 Å². The average Bonchev–Trinajstić information content (AvgIpc) is 3.14. The first-order valence-electron chi connectivity index (χ1n) is 6.94. The molecule has 5 nitrogen and oxygen atoms in total. The fourth-order valence-electron chi connectivity index (χ4n) is 2.48. The maximum atomic E-state index is 12.1. The normalized spacial score (nSPS) is 24.7. The first kappa shape index (κ1) is 13.3. The number of nitrogens with zero attached hydrogens (tertiary/aromatic N) is 1. The number of carbonyl (C=O) groups excluding carboxylic acids is 1. The van der Waals surface area contributed by atoms with Gasteiger partial charge < -0.3 is 15.3 Å². The first-order valence-corrected chi connectivity index (χ1v) is 6.94. The van der Waals surface area contributed by atoms with Crippen LogP contribution < -0.4 is 5.32 Å². The number of carboxylic acid groups (broad SMARTS) is 1. The number of aliphatic carboxylic acids is 1. The molecule has 1 atom stereocenters. The zero-order chi connectivity index (χ0) is 13.0. The lowest BCUT2D eigenvalue weighted by molar-refractivity contribution is -0.150. The van der Waals surface area contributed by atoms with Crippen molar-refractivity contribution in [3.63, 3.8) is 0 Å². The molecule has 18 heavy (non-hydrogen) atoms. The predicted octanol–water partition coefficient (Wildman–Crippen LogP) is 0.984. The smallest absolute Gasteiger partial charge is 0.326 e. The molecule has 0 aromatic heterocycles. The van der Waals surface area contributed by atoms with Crippen LogP contribution in [0.2, 0.25) is 0 Å². The molecule has 1 amide bonds.